The van der Waals surface area contributed by atoms with Crippen molar-refractivity contribution >= 4 is 11.3 Å². The fourth-order valence-electron chi connectivity index (χ4n) is 2.16. The quantitative estimate of drug-likeness (QED) is 0.807. The molecule has 1 atom stereocenters. The van der Waals surface area contributed by atoms with Gasteiger partial charge in [-0.15, -0.1) is 11.3 Å². The Morgan fingerprint density at radius 1 is 1.11 bits per heavy atom. The van der Waals surface area contributed by atoms with E-state index in [2.05, 4.69) is 31.3 Å². The molecule has 0 aliphatic rings. The third-order valence-electron chi connectivity index (χ3n) is 3.28. The lowest BCUT2D eigenvalue weighted by atomic mass is 10.0. The van der Waals surface area contributed by atoms with Gasteiger partial charge in [0.25, 0.3) is 0 Å². The van der Waals surface area contributed by atoms with Crippen molar-refractivity contribution in [3.8, 4) is 0 Å². The van der Waals surface area contributed by atoms with Gasteiger partial charge in [-0.3, -0.25) is 0 Å². The molecule has 0 saturated carbocycles. The van der Waals surface area contributed by atoms with Crippen LogP contribution < -0.4 is 5.32 Å². The first-order chi connectivity index (χ1) is 9.24. The molecule has 0 fully saturated rings. The second-order valence-corrected chi connectivity index (χ2v) is 5.84. The third-order valence-corrected chi connectivity index (χ3v) is 4.51. The summed E-state index contributed by atoms with van der Waals surface area (Å²) >= 11 is 1.83. The zero-order chi connectivity index (χ0) is 13.7. The molecule has 19 heavy (non-hydrogen) atoms. The molecule has 0 bridgehead atoms. The Balaban J connectivity index is 2.02. The van der Waals surface area contributed by atoms with Crippen molar-refractivity contribution in [3.63, 3.8) is 0 Å². The van der Waals surface area contributed by atoms with Gasteiger partial charge in [0.2, 0.25) is 0 Å². The minimum atomic E-state index is -0.123. The van der Waals surface area contributed by atoms with Crippen molar-refractivity contribution in [1.29, 1.82) is 0 Å². The third kappa shape index (κ3) is 3.64. The molecular weight excluding hydrogens is 257 g/mol. The van der Waals surface area contributed by atoms with Crippen LogP contribution in [0.2, 0.25) is 0 Å². The van der Waals surface area contributed by atoms with Gasteiger partial charge in [-0.2, -0.15) is 0 Å². The monoisotopic (exact) mass is 277 g/mol. The highest BCUT2D eigenvalue weighted by Gasteiger charge is 2.13. The van der Waals surface area contributed by atoms with E-state index < -0.39 is 0 Å². The first-order valence-corrected chi connectivity index (χ1v) is 7.61. The highest BCUT2D eigenvalue weighted by Crippen LogP contribution is 2.22. The van der Waals surface area contributed by atoms with Crippen LogP contribution in [-0.4, -0.2) is 0 Å². The van der Waals surface area contributed by atoms with Gasteiger partial charge in [0.1, 0.15) is 5.82 Å². The number of thiophene rings is 1. The maximum Gasteiger partial charge on any atom is 0.127 e. The average molecular weight is 277 g/mol. The molecule has 3 heteroatoms. The second-order valence-electron chi connectivity index (χ2n) is 4.58. The molecule has 1 nitrogen and oxygen atoms in total. The van der Waals surface area contributed by atoms with Gasteiger partial charge in [0.05, 0.1) is 0 Å². The molecular formula is C16H20FNS. The van der Waals surface area contributed by atoms with Crippen molar-refractivity contribution in [1.82, 2.24) is 5.32 Å². The molecule has 2 rings (SSSR count). The molecule has 1 aromatic heterocycles. The predicted molar refractivity (Wildman–Crippen MR) is 80.0 cm³/mol. The zero-order valence-electron chi connectivity index (χ0n) is 11.4. The largest absolute Gasteiger partial charge is 0.305 e. The number of rotatable bonds is 6. The minimum absolute atomic E-state index is 0.0772. The molecule has 102 valence electrons. The summed E-state index contributed by atoms with van der Waals surface area (Å²) in [5, 5.41) is 3.45. The van der Waals surface area contributed by atoms with Crippen LogP contribution in [0.3, 0.4) is 0 Å². The highest BCUT2D eigenvalue weighted by atomic mass is 32.1. The van der Waals surface area contributed by atoms with Gasteiger partial charge >= 0.3 is 0 Å². The van der Waals surface area contributed by atoms with Crippen molar-refractivity contribution in [2.75, 3.05) is 0 Å². The van der Waals surface area contributed by atoms with E-state index in [0.717, 1.165) is 24.9 Å². The summed E-state index contributed by atoms with van der Waals surface area (Å²) in [6.07, 6.45) is 1.96. The number of nitrogens with one attached hydrogen (secondary N) is 1. The maximum atomic E-state index is 13.8. The first kappa shape index (κ1) is 14.2. The summed E-state index contributed by atoms with van der Waals surface area (Å²) in [5.74, 6) is -0.123. The second kappa shape index (κ2) is 6.83. The van der Waals surface area contributed by atoms with Crippen LogP contribution in [0.1, 0.15) is 41.6 Å². The maximum absolute atomic E-state index is 13.8. The van der Waals surface area contributed by atoms with Crippen LogP contribution in [0.4, 0.5) is 4.39 Å². The Labute approximate surface area is 118 Å². The predicted octanol–water partition coefficient (Wildman–Crippen LogP) is 4.69. The van der Waals surface area contributed by atoms with Crippen LogP contribution in [0, 0.1) is 5.82 Å². The number of halogens is 1. The van der Waals surface area contributed by atoms with Crippen LogP contribution in [-0.2, 0) is 13.0 Å². The van der Waals surface area contributed by atoms with E-state index in [4.69, 9.17) is 0 Å². The average Bonchev–Trinajstić information content (AvgIpc) is 2.89. The summed E-state index contributed by atoms with van der Waals surface area (Å²) in [6, 6.07) is 11.4. The molecule has 1 N–H and O–H groups in total. The molecule has 0 aliphatic carbocycles. The SMILES string of the molecule is CCc1ccc(CNC(CC)c2ccccc2F)s1. The molecule has 0 radical (unpaired) electrons. The van der Waals surface area contributed by atoms with E-state index in [1.807, 2.05) is 23.5 Å². The van der Waals surface area contributed by atoms with Crippen molar-refractivity contribution in [2.24, 2.45) is 0 Å². The van der Waals surface area contributed by atoms with E-state index >= 15 is 0 Å². The van der Waals surface area contributed by atoms with E-state index in [9.17, 15) is 4.39 Å². The van der Waals surface area contributed by atoms with Crippen molar-refractivity contribution in [3.05, 3.63) is 57.5 Å². The molecule has 0 saturated heterocycles. The van der Waals surface area contributed by atoms with Gasteiger partial charge in [0.15, 0.2) is 0 Å². The number of hydrogen-bond acceptors (Lipinski definition) is 2. The highest BCUT2D eigenvalue weighted by molar-refractivity contribution is 7.11. The standard InChI is InChI=1S/C16H20FNS/c1-3-12-9-10-13(19-12)11-18-16(4-2)14-7-5-6-8-15(14)17/h5-10,16,18H,3-4,11H2,1-2H3. The summed E-state index contributed by atoms with van der Waals surface area (Å²) < 4.78 is 13.8. The van der Waals surface area contributed by atoms with Crippen LogP contribution in [0.15, 0.2) is 36.4 Å². The fourth-order valence-corrected chi connectivity index (χ4v) is 3.07. The Morgan fingerprint density at radius 3 is 2.47 bits per heavy atom. The van der Waals surface area contributed by atoms with Gasteiger partial charge in [-0.05, 0) is 31.0 Å². The number of benzene rings is 1. The van der Waals surface area contributed by atoms with Gasteiger partial charge < -0.3 is 5.32 Å². The van der Waals surface area contributed by atoms with Crippen molar-refractivity contribution < 1.29 is 4.39 Å². The normalized spacial score (nSPS) is 12.6. The summed E-state index contributed by atoms with van der Waals surface area (Å²) in [6.45, 7) is 5.05. The topological polar surface area (TPSA) is 12.0 Å². The minimum Gasteiger partial charge on any atom is -0.305 e. The molecule has 0 aliphatic heterocycles. The molecule has 2 aromatic rings. The lowest BCUT2D eigenvalue weighted by Gasteiger charge is -2.17. The lowest BCUT2D eigenvalue weighted by molar-refractivity contribution is 0.490. The van der Waals surface area contributed by atoms with E-state index in [1.54, 1.807) is 6.07 Å². The van der Waals surface area contributed by atoms with Crippen LogP contribution >= 0.6 is 11.3 Å². The van der Waals surface area contributed by atoms with E-state index in [1.165, 1.54) is 15.8 Å². The van der Waals surface area contributed by atoms with Gasteiger partial charge in [0, 0.05) is 27.9 Å². The Bertz CT molecular complexity index is 521. The molecule has 0 amide bonds. The summed E-state index contributed by atoms with van der Waals surface area (Å²) in [7, 11) is 0. The Morgan fingerprint density at radius 2 is 1.84 bits per heavy atom. The van der Waals surface area contributed by atoms with E-state index in [0.29, 0.717) is 0 Å². The Kier molecular flexibility index (Phi) is 5.11. The Hall–Kier alpha value is -1.19. The van der Waals surface area contributed by atoms with Crippen molar-refractivity contribution in [2.45, 2.75) is 39.3 Å². The number of aryl methyl sites for hydroxylation is 1. The van der Waals surface area contributed by atoms with Crippen LogP contribution in [0.25, 0.3) is 0 Å². The molecule has 0 spiro atoms. The fraction of sp³-hybridized carbons (Fsp3) is 0.375. The van der Waals surface area contributed by atoms with E-state index in [-0.39, 0.29) is 11.9 Å². The lowest BCUT2D eigenvalue weighted by Crippen LogP contribution is -2.20. The zero-order valence-corrected chi connectivity index (χ0v) is 12.3. The molecule has 1 unspecified atom stereocenters. The first-order valence-electron chi connectivity index (χ1n) is 6.80. The van der Waals surface area contributed by atoms with Crippen LogP contribution in [0.5, 0.6) is 0 Å². The summed E-state index contributed by atoms with van der Waals surface area (Å²) in [4.78, 5) is 2.71. The molecule has 1 heterocycles. The smallest absolute Gasteiger partial charge is 0.127 e. The molecule has 1 aromatic carbocycles. The van der Waals surface area contributed by atoms with Gasteiger partial charge in [-0.1, -0.05) is 32.0 Å². The van der Waals surface area contributed by atoms with Gasteiger partial charge in [-0.25, -0.2) is 4.39 Å². The summed E-state index contributed by atoms with van der Waals surface area (Å²) in [5.41, 5.74) is 0.761. The number of hydrogen-bond donors (Lipinski definition) is 1.